The summed E-state index contributed by atoms with van der Waals surface area (Å²) >= 11 is 0. The average molecular weight is 281 g/mol. The summed E-state index contributed by atoms with van der Waals surface area (Å²) in [5.74, 6) is 0.480. The lowest BCUT2D eigenvalue weighted by molar-refractivity contribution is 0.189. The van der Waals surface area contributed by atoms with Gasteiger partial charge in [0.05, 0.1) is 0 Å². The minimum atomic E-state index is 0.218. The van der Waals surface area contributed by atoms with Crippen molar-refractivity contribution >= 4 is 5.71 Å². The van der Waals surface area contributed by atoms with E-state index in [1.165, 1.54) is 37.0 Å². The predicted molar refractivity (Wildman–Crippen MR) is 91.0 cm³/mol. The molecule has 1 heteroatoms. The topological polar surface area (TPSA) is 12.4 Å². The number of hydrogen-bond donors (Lipinski definition) is 0. The highest BCUT2D eigenvalue weighted by Crippen LogP contribution is 2.53. The zero-order chi connectivity index (χ0) is 14.9. The van der Waals surface area contributed by atoms with E-state index < -0.39 is 0 Å². The first-order valence-corrected chi connectivity index (χ1v) is 8.27. The van der Waals surface area contributed by atoms with Gasteiger partial charge in [-0.25, -0.2) is 0 Å². The monoisotopic (exact) mass is 281 g/mol. The Morgan fingerprint density at radius 3 is 2.62 bits per heavy atom. The number of hydrogen-bond acceptors (Lipinski definition) is 1. The molecule has 1 aliphatic heterocycles. The predicted octanol–water partition coefficient (Wildman–Crippen LogP) is 5.39. The van der Waals surface area contributed by atoms with Gasteiger partial charge in [-0.05, 0) is 43.6 Å². The van der Waals surface area contributed by atoms with Gasteiger partial charge in [-0.2, -0.15) is 0 Å². The third-order valence-corrected chi connectivity index (χ3v) is 5.49. The van der Waals surface area contributed by atoms with Crippen LogP contribution in [0.5, 0.6) is 0 Å². The van der Waals surface area contributed by atoms with Crippen molar-refractivity contribution in [3.63, 3.8) is 0 Å². The molecule has 1 spiro atoms. The van der Waals surface area contributed by atoms with Gasteiger partial charge < -0.3 is 0 Å². The molecule has 112 valence electrons. The van der Waals surface area contributed by atoms with Crippen molar-refractivity contribution in [2.45, 2.75) is 52.4 Å². The summed E-state index contributed by atoms with van der Waals surface area (Å²) in [5.41, 5.74) is 3.42. The summed E-state index contributed by atoms with van der Waals surface area (Å²) in [6.07, 6.45) is 9.69. The highest BCUT2D eigenvalue weighted by Gasteiger charge is 2.46. The summed E-state index contributed by atoms with van der Waals surface area (Å²) in [5, 5.41) is 0. The first kappa shape index (κ1) is 14.6. The van der Waals surface area contributed by atoms with Gasteiger partial charge in [0.2, 0.25) is 0 Å². The second kappa shape index (κ2) is 5.44. The van der Waals surface area contributed by atoms with Crippen molar-refractivity contribution in [1.82, 2.24) is 0 Å². The SMILES string of the molecule is CC1=NCCC(C)(C)C[C@@]12CCC=C[C@H]2c1ccccc1. The molecule has 2 atom stereocenters. The van der Waals surface area contributed by atoms with Crippen LogP contribution >= 0.6 is 0 Å². The Morgan fingerprint density at radius 1 is 1.10 bits per heavy atom. The lowest BCUT2D eigenvalue weighted by Crippen LogP contribution is -2.39. The molecule has 0 amide bonds. The Bertz CT molecular complexity index is 552. The normalized spacial score (nSPS) is 31.8. The first-order valence-electron chi connectivity index (χ1n) is 8.27. The third kappa shape index (κ3) is 2.71. The smallest absolute Gasteiger partial charge is 0.0393 e. The highest BCUT2D eigenvalue weighted by atomic mass is 14.8. The van der Waals surface area contributed by atoms with E-state index in [-0.39, 0.29) is 5.41 Å². The molecule has 0 fully saturated rings. The van der Waals surface area contributed by atoms with Crippen molar-refractivity contribution < 1.29 is 0 Å². The molecule has 0 unspecified atom stereocenters. The first-order chi connectivity index (χ1) is 10.0. The molecule has 3 rings (SSSR count). The molecule has 1 aromatic rings. The van der Waals surface area contributed by atoms with Crippen molar-refractivity contribution in [1.29, 1.82) is 0 Å². The molecule has 1 aliphatic carbocycles. The van der Waals surface area contributed by atoms with Crippen LogP contribution in [0.3, 0.4) is 0 Å². The Morgan fingerprint density at radius 2 is 1.86 bits per heavy atom. The van der Waals surface area contributed by atoms with Crippen LogP contribution in [-0.4, -0.2) is 12.3 Å². The van der Waals surface area contributed by atoms with E-state index >= 15 is 0 Å². The zero-order valence-electron chi connectivity index (χ0n) is 13.6. The molecule has 0 aromatic heterocycles. The van der Waals surface area contributed by atoms with Crippen LogP contribution in [-0.2, 0) is 0 Å². The van der Waals surface area contributed by atoms with Crippen molar-refractivity contribution in [2.24, 2.45) is 15.8 Å². The second-order valence-corrected chi connectivity index (χ2v) is 7.57. The van der Waals surface area contributed by atoms with E-state index in [1.807, 2.05) is 0 Å². The largest absolute Gasteiger partial charge is 0.294 e. The number of aliphatic imine (C=N–C) groups is 1. The van der Waals surface area contributed by atoms with E-state index in [0.29, 0.717) is 11.3 Å². The Labute approximate surface area is 129 Å². The van der Waals surface area contributed by atoms with Crippen LogP contribution in [0, 0.1) is 10.8 Å². The summed E-state index contributed by atoms with van der Waals surface area (Å²) in [6, 6.07) is 11.0. The Hall–Kier alpha value is -1.37. The van der Waals surface area contributed by atoms with Crippen molar-refractivity contribution in [3.8, 4) is 0 Å². The molecule has 1 nitrogen and oxygen atoms in total. The maximum atomic E-state index is 4.95. The van der Waals surface area contributed by atoms with E-state index in [1.54, 1.807) is 0 Å². The van der Waals surface area contributed by atoms with Gasteiger partial charge in [-0.3, -0.25) is 4.99 Å². The summed E-state index contributed by atoms with van der Waals surface area (Å²) in [6.45, 7) is 8.11. The van der Waals surface area contributed by atoms with E-state index in [9.17, 15) is 0 Å². The maximum absolute atomic E-state index is 4.95. The minimum Gasteiger partial charge on any atom is -0.294 e. The lowest BCUT2D eigenvalue weighted by atomic mass is 9.58. The Kier molecular flexibility index (Phi) is 3.77. The fourth-order valence-corrected chi connectivity index (χ4v) is 4.36. The molecule has 1 aromatic carbocycles. The van der Waals surface area contributed by atoms with Gasteiger partial charge in [-0.15, -0.1) is 0 Å². The molecule has 0 saturated heterocycles. The van der Waals surface area contributed by atoms with Crippen LogP contribution in [0.2, 0.25) is 0 Å². The average Bonchev–Trinajstić information content (AvgIpc) is 2.58. The van der Waals surface area contributed by atoms with Crippen molar-refractivity contribution in [2.75, 3.05) is 6.54 Å². The maximum Gasteiger partial charge on any atom is 0.0393 e. The molecule has 0 bridgehead atoms. The van der Waals surface area contributed by atoms with E-state index in [4.69, 9.17) is 4.99 Å². The molecular formula is C20H27N. The quantitative estimate of drug-likeness (QED) is 0.612. The lowest BCUT2D eigenvalue weighted by Gasteiger charge is -2.45. The summed E-state index contributed by atoms with van der Waals surface area (Å²) in [7, 11) is 0. The van der Waals surface area contributed by atoms with Crippen LogP contribution in [0.15, 0.2) is 47.5 Å². The van der Waals surface area contributed by atoms with Crippen LogP contribution < -0.4 is 0 Å². The third-order valence-electron chi connectivity index (χ3n) is 5.49. The van der Waals surface area contributed by atoms with Crippen molar-refractivity contribution in [3.05, 3.63) is 48.0 Å². The second-order valence-electron chi connectivity index (χ2n) is 7.57. The molecule has 1 heterocycles. The fraction of sp³-hybridized carbons (Fsp3) is 0.550. The Balaban J connectivity index is 2.09. The molecule has 0 saturated carbocycles. The van der Waals surface area contributed by atoms with Gasteiger partial charge >= 0.3 is 0 Å². The summed E-state index contributed by atoms with van der Waals surface area (Å²) < 4.78 is 0. The van der Waals surface area contributed by atoms with Gasteiger partial charge in [0.25, 0.3) is 0 Å². The number of allylic oxidation sites excluding steroid dienone is 2. The molecular weight excluding hydrogens is 254 g/mol. The molecule has 0 N–H and O–H groups in total. The van der Waals surface area contributed by atoms with Gasteiger partial charge in [-0.1, -0.05) is 56.3 Å². The van der Waals surface area contributed by atoms with Gasteiger partial charge in [0.15, 0.2) is 0 Å². The summed E-state index contributed by atoms with van der Waals surface area (Å²) in [4.78, 5) is 4.95. The van der Waals surface area contributed by atoms with Crippen LogP contribution in [0.25, 0.3) is 0 Å². The zero-order valence-corrected chi connectivity index (χ0v) is 13.6. The number of benzene rings is 1. The molecule has 21 heavy (non-hydrogen) atoms. The van der Waals surface area contributed by atoms with Gasteiger partial charge in [0, 0.05) is 23.6 Å². The minimum absolute atomic E-state index is 0.218. The van der Waals surface area contributed by atoms with E-state index in [0.717, 1.165) is 6.54 Å². The van der Waals surface area contributed by atoms with Crippen LogP contribution in [0.4, 0.5) is 0 Å². The van der Waals surface area contributed by atoms with Crippen LogP contribution in [0.1, 0.15) is 57.9 Å². The van der Waals surface area contributed by atoms with Gasteiger partial charge in [0.1, 0.15) is 0 Å². The number of rotatable bonds is 1. The fourth-order valence-electron chi connectivity index (χ4n) is 4.36. The highest BCUT2D eigenvalue weighted by molar-refractivity contribution is 5.90. The van der Waals surface area contributed by atoms with E-state index in [2.05, 4.69) is 63.3 Å². The number of nitrogens with zero attached hydrogens (tertiary/aromatic N) is 1. The standard InChI is InChI=1S/C20H27N/c1-16-20(15-19(2,3)13-14-21-16)12-8-7-11-18(20)17-9-5-4-6-10-17/h4-7,9-11,18H,8,12-15H2,1-3H3/t18-,20-/m0/s1. The molecule has 2 aliphatic rings. The molecule has 0 radical (unpaired) electrons.